The minimum Gasteiger partial charge on any atom is -0.493 e. The summed E-state index contributed by atoms with van der Waals surface area (Å²) in [6, 6.07) is 14.9. The molecule has 0 bridgehead atoms. The van der Waals surface area contributed by atoms with Crippen molar-refractivity contribution in [2.75, 3.05) is 26.0 Å². The van der Waals surface area contributed by atoms with E-state index in [0.29, 0.717) is 36.4 Å². The lowest BCUT2D eigenvalue weighted by Gasteiger charge is -2.13. The van der Waals surface area contributed by atoms with E-state index < -0.39 is 0 Å². The molecule has 2 rings (SSSR count). The monoisotopic (exact) mass is 382 g/mol. The number of amides is 2. The Morgan fingerprint density at radius 3 is 2.57 bits per heavy atom. The fourth-order valence-electron chi connectivity index (χ4n) is 2.79. The number of hydrogen-bond donors (Lipinski definition) is 1. The summed E-state index contributed by atoms with van der Waals surface area (Å²) < 4.78 is 5.81. The summed E-state index contributed by atoms with van der Waals surface area (Å²) in [4.78, 5) is 26.1. The standard InChI is InChI=1S/C23H30N2O3/c1-4-5-8-16-28-21-13-7-6-12-20(21)23(27)24-19-11-9-10-18(17-19)14-15-22(26)25(2)3/h6-7,9-13,17H,4-5,8,14-16H2,1-3H3,(H,24,27). The lowest BCUT2D eigenvalue weighted by Crippen LogP contribution is -2.21. The molecule has 0 saturated heterocycles. The van der Waals surface area contributed by atoms with Crippen molar-refractivity contribution in [3.63, 3.8) is 0 Å². The number of carbonyl (C=O) groups excluding carboxylic acids is 2. The van der Waals surface area contributed by atoms with Gasteiger partial charge in [-0.05, 0) is 42.7 Å². The van der Waals surface area contributed by atoms with Crippen LogP contribution < -0.4 is 10.1 Å². The minimum atomic E-state index is -0.201. The number of nitrogens with zero attached hydrogens (tertiary/aromatic N) is 1. The molecule has 0 radical (unpaired) electrons. The van der Waals surface area contributed by atoms with Gasteiger partial charge in [0.05, 0.1) is 12.2 Å². The van der Waals surface area contributed by atoms with E-state index in [9.17, 15) is 9.59 Å². The predicted molar refractivity (Wildman–Crippen MR) is 113 cm³/mol. The second-order valence-corrected chi connectivity index (χ2v) is 6.99. The number of aryl methyl sites for hydroxylation is 1. The van der Waals surface area contributed by atoms with Crippen molar-refractivity contribution in [3.8, 4) is 5.75 Å². The van der Waals surface area contributed by atoms with Crippen LogP contribution in [0.25, 0.3) is 0 Å². The van der Waals surface area contributed by atoms with Gasteiger partial charge in [-0.25, -0.2) is 0 Å². The van der Waals surface area contributed by atoms with Crippen LogP contribution in [0.1, 0.15) is 48.5 Å². The zero-order chi connectivity index (χ0) is 20.4. The summed E-state index contributed by atoms with van der Waals surface area (Å²) >= 11 is 0. The Hall–Kier alpha value is -2.82. The lowest BCUT2D eigenvalue weighted by molar-refractivity contribution is -0.128. The number of para-hydroxylation sites is 1. The largest absolute Gasteiger partial charge is 0.493 e. The maximum Gasteiger partial charge on any atom is 0.259 e. The molecule has 0 unspecified atom stereocenters. The van der Waals surface area contributed by atoms with Crippen molar-refractivity contribution in [2.45, 2.75) is 39.0 Å². The van der Waals surface area contributed by atoms with Gasteiger partial charge in [0.1, 0.15) is 5.75 Å². The fraction of sp³-hybridized carbons (Fsp3) is 0.391. The van der Waals surface area contributed by atoms with Crippen LogP contribution >= 0.6 is 0 Å². The Morgan fingerprint density at radius 2 is 1.82 bits per heavy atom. The van der Waals surface area contributed by atoms with Crippen molar-refractivity contribution in [1.82, 2.24) is 4.90 Å². The third-order valence-corrected chi connectivity index (χ3v) is 4.45. The average Bonchev–Trinajstić information content (AvgIpc) is 2.70. The number of hydrogen-bond acceptors (Lipinski definition) is 3. The second kappa shape index (κ2) is 11.1. The molecule has 5 heteroatoms. The van der Waals surface area contributed by atoms with Crippen molar-refractivity contribution in [1.29, 1.82) is 0 Å². The Balaban J connectivity index is 2.01. The van der Waals surface area contributed by atoms with Crippen molar-refractivity contribution in [2.24, 2.45) is 0 Å². The molecule has 0 aliphatic carbocycles. The van der Waals surface area contributed by atoms with Gasteiger partial charge in [0, 0.05) is 26.2 Å². The zero-order valence-corrected chi connectivity index (χ0v) is 17.0. The first-order valence-corrected chi connectivity index (χ1v) is 9.83. The molecular formula is C23H30N2O3. The van der Waals surface area contributed by atoms with E-state index in [1.165, 1.54) is 0 Å². The van der Waals surface area contributed by atoms with E-state index in [0.717, 1.165) is 24.8 Å². The molecule has 28 heavy (non-hydrogen) atoms. The molecule has 2 amide bonds. The number of nitrogens with one attached hydrogen (secondary N) is 1. The Kier molecular flexibility index (Phi) is 8.53. The molecule has 0 saturated carbocycles. The van der Waals surface area contributed by atoms with Crippen LogP contribution in [0.5, 0.6) is 5.75 Å². The number of rotatable bonds is 10. The molecule has 0 fully saturated rings. The second-order valence-electron chi connectivity index (χ2n) is 6.99. The average molecular weight is 383 g/mol. The van der Waals surface area contributed by atoms with Gasteiger partial charge in [-0.3, -0.25) is 9.59 Å². The number of unbranched alkanes of at least 4 members (excludes halogenated alkanes) is 2. The van der Waals surface area contributed by atoms with Gasteiger partial charge in [0.15, 0.2) is 0 Å². The molecule has 0 aliphatic rings. The summed E-state index contributed by atoms with van der Waals surface area (Å²) in [6.07, 6.45) is 4.29. The Bertz CT molecular complexity index is 787. The first-order chi connectivity index (χ1) is 13.5. The highest BCUT2D eigenvalue weighted by molar-refractivity contribution is 6.06. The SMILES string of the molecule is CCCCCOc1ccccc1C(=O)Nc1cccc(CCC(=O)N(C)C)c1. The van der Waals surface area contributed by atoms with E-state index >= 15 is 0 Å². The third-order valence-electron chi connectivity index (χ3n) is 4.45. The van der Waals surface area contributed by atoms with Crippen LogP contribution in [-0.4, -0.2) is 37.4 Å². The van der Waals surface area contributed by atoms with Crippen LogP contribution in [0.4, 0.5) is 5.69 Å². The summed E-state index contributed by atoms with van der Waals surface area (Å²) in [5.41, 5.74) is 2.24. The van der Waals surface area contributed by atoms with Gasteiger partial charge in [0.2, 0.25) is 5.91 Å². The molecule has 0 spiro atoms. The fourth-order valence-corrected chi connectivity index (χ4v) is 2.79. The number of anilines is 1. The molecule has 150 valence electrons. The summed E-state index contributed by atoms with van der Waals surface area (Å²) in [5, 5.41) is 2.94. The summed E-state index contributed by atoms with van der Waals surface area (Å²) in [6.45, 7) is 2.75. The first kappa shape index (κ1) is 21.5. The summed E-state index contributed by atoms with van der Waals surface area (Å²) in [5.74, 6) is 0.486. The van der Waals surface area contributed by atoms with Crippen LogP contribution in [0.15, 0.2) is 48.5 Å². The highest BCUT2D eigenvalue weighted by Gasteiger charge is 2.13. The number of benzene rings is 2. The highest BCUT2D eigenvalue weighted by atomic mass is 16.5. The van der Waals surface area contributed by atoms with Crippen LogP contribution in [-0.2, 0) is 11.2 Å². The lowest BCUT2D eigenvalue weighted by atomic mass is 10.1. The van der Waals surface area contributed by atoms with Gasteiger partial charge in [-0.1, -0.05) is 44.0 Å². The predicted octanol–water partition coefficient (Wildman–Crippen LogP) is 4.53. The molecule has 0 heterocycles. The quantitative estimate of drug-likeness (QED) is 0.614. The normalized spacial score (nSPS) is 10.4. The van der Waals surface area contributed by atoms with Gasteiger partial charge >= 0.3 is 0 Å². The molecule has 1 N–H and O–H groups in total. The molecule has 2 aromatic carbocycles. The van der Waals surface area contributed by atoms with E-state index in [2.05, 4.69) is 12.2 Å². The maximum absolute atomic E-state index is 12.7. The van der Waals surface area contributed by atoms with Crippen molar-refractivity contribution in [3.05, 3.63) is 59.7 Å². The third kappa shape index (κ3) is 6.72. The first-order valence-electron chi connectivity index (χ1n) is 9.83. The van der Waals surface area contributed by atoms with E-state index in [-0.39, 0.29) is 11.8 Å². The van der Waals surface area contributed by atoms with E-state index in [1.54, 1.807) is 25.1 Å². The topological polar surface area (TPSA) is 58.6 Å². The molecule has 0 aliphatic heterocycles. The zero-order valence-electron chi connectivity index (χ0n) is 17.0. The molecule has 0 aromatic heterocycles. The smallest absolute Gasteiger partial charge is 0.259 e. The van der Waals surface area contributed by atoms with Gasteiger partial charge in [-0.2, -0.15) is 0 Å². The van der Waals surface area contributed by atoms with Gasteiger partial charge in [-0.15, -0.1) is 0 Å². The Labute approximate surface area is 167 Å². The number of ether oxygens (including phenoxy) is 1. The molecule has 0 atom stereocenters. The van der Waals surface area contributed by atoms with E-state index in [4.69, 9.17) is 4.74 Å². The maximum atomic E-state index is 12.7. The van der Waals surface area contributed by atoms with Gasteiger partial charge in [0.25, 0.3) is 5.91 Å². The highest BCUT2D eigenvalue weighted by Crippen LogP contribution is 2.21. The van der Waals surface area contributed by atoms with Crippen LogP contribution in [0.2, 0.25) is 0 Å². The summed E-state index contributed by atoms with van der Waals surface area (Å²) in [7, 11) is 3.50. The van der Waals surface area contributed by atoms with Crippen LogP contribution in [0.3, 0.4) is 0 Å². The van der Waals surface area contributed by atoms with Crippen LogP contribution in [0, 0.1) is 0 Å². The molecular weight excluding hydrogens is 352 g/mol. The van der Waals surface area contributed by atoms with Crippen molar-refractivity contribution >= 4 is 17.5 Å². The van der Waals surface area contributed by atoms with E-state index in [1.807, 2.05) is 42.5 Å². The molecule has 2 aromatic rings. The Morgan fingerprint density at radius 1 is 1.04 bits per heavy atom. The minimum absolute atomic E-state index is 0.0867. The number of carbonyl (C=O) groups is 2. The van der Waals surface area contributed by atoms with Crippen molar-refractivity contribution < 1.29 is 14.3 Å². The molecule has 5 nitrogen and oxygen atoms in total. The van der Waals surface area contributed by atoms with Gasteiger partial charge < -0.3 is 15.0 Å².